The Kier molecular flexibility index (Phi) is 4.63. The van der Waals surface area contributed by atoms with Crippen LogP contribution in [0.3, 0.4) is 0 Å². The topological polar surface area (TPSA) is 73.6 Å². The number of benzene rings is 1. The first-order chi connectivity index (χ1) is 9.19. The van der Waals surface area contributed by atoms with Gasteiger partial charge in [-0.15, -0.1) is 0 Å². The summed E-state index contributed by atoms with van der Waals surface area (Å²) >= 11 is 0. The van der Waals surface area contributed by atoms with E-state index >= 15 is 0 Å². The van der Waals surface area contributed by atoms with E-state index in [1.54, 1.807) is 0 Å². The van der Waals surface area contributed by atoms with Crippen LogP contribution in [0.2, 0.25) is 0 Å². The van der Waals surface area contributed by atoms with E-state index in [-0.39, 0.29) is 11.8 Å². The summed E-state index contributed by atoms with van der Waals surface area (Å²) in [6, 6.07) is 5.71. The maximum Gasteiger partial charge on any atom is 0.220 e. The number of fused-ring (bicyclic) bond motifs is 1. The molecule has 19 heavy (non-hydrogen) atoms. The SMILES string of the molecule is CC(CN)CC(=O)NCc1ccc2c(c1)OCCO2. The lowest BCUT2D eigenvalue weighted by Gasteiger charge is -2.19. The van der Waals surface area contributed by atoms with Gasteiger partial charge in [0.2, 0.25) is 5.91 Å². The van der Waals surface area contributed by atoms with Crippen molar-refractivity contribution in [2.45, 2.75) is 19.9 Å². The molecule has 0 fully saturated rings. The zero-order valence-corrected chi connectivity index (χ0v) is 11.1. The standard InChI is InChI=1S/C14H20N2O3/c1-10(8-15)6-14(17)16-9-11-2-3-12-13(7-11)19-5-4-18-12/h2-3,7,10H,4-6,8-9,15H2,1H3,(H,16,17). The minimum Gasteiger partial charge on any atom is -0.486 e. The van der Waals surface area contributed by atoms with Crippen molar-refractivity contribution < 1.29 is 14.3 Å². The van der Waals surface area contributed by atoms with Crippen LogP contribution in [0.1, 0.15) is 18.9 Å². The zero-order chi connectivity index (χ0) is 13.7. The van der Waals surface area contributed by atoms with E-state index in [1.807, 2.05) is 25.1 Å². The number of amides is 1. The lowest BCUT2D eigenvalue weighted by Crippen LogP contribution is -2.26. The predicted molar refractivity (Wildman–Crippen MR) is 72.1 cm³/mol. The normalized spacial score (nSPS) is 14.8. The van der Waals surface area contributed by atoms with E-state index in [1.165, 1.54) is 0 Å². The highest BCUT2D eigenvalue weighted by Crippen LogP contribution is 2.30. The molecule has 0 saturated heterocycles. The minimum absolute atomic E-state index is 0.0211. The van der Waals surface area contributed by atoms with Crippen LogP contribution in [0.15, 0.2) is 18.2 Å². The first-order valence-corrected chi connectivity index (χ1v) is 6.54. The molecule has 0 aromatic heterocycles. The molecule has 1 aromatic carbocycles. The molecule has 1 amide bonds. The lowest BCUT2D eigenvalue weighted by molar-refractivity contribution is -0.122. The summed E-state index contributed by atoms with van der Waals surface area (Å²) in [5.41, 5.74) is 6.49. The highest BCUT2D eigenvalue weighted by atomic mass is 16.6. The number of nitrogens with two attached hydrogens (primary N) is 1. The second kappa shape index (κ2) is 6.43. The average Bonchev–Trinajstić information content (AvgIpc) is 2.44. The van der Waals surface area contributed by atoms with Crippen LogP contribution in [0.25, 0.3) is 0 Å². The highest BCUT2D eigenvalue weighted by Gasteiger charge is 2.12. The number of hydrogen-bond acceptors (Lipinski definition) is 4. The van der Waals surface area contributed by atoms with Crippen molar-refractivity contribution >= 4 is 5.91 Å². The minimum atomic E-state index is 0.0211. The van der Waals surface area contributed by atoms with E-state index in [9.17, 15) is 4.79 Å². The first kappa shape index (κ1) is 13.7. The molecule has 0 bridgehead atoms. The van der Waals surface area contributed by atoms with Crippen LogP contribution in [0, 0.1) is 5.92 Å². The Morgan fingerprint density at radius 2 is 2.11 bits per heavy atom. The summed E-state index contributed by atoms with van der Waals surface area (Å²) in [7, 11) is 0. The summed E-state index contributed by atoms with van der Waals surface area (Å²) < 4.78 is 10.9. The van der Waals surface area contributed by atoms with Crippen LogP contribution in [0.5, 0.6) is 11.5 Å². The Labute approximate surface area is 113 Å². The molecule has 2 rings (SSSR count). The molecule has 0 spiro atoms. The summed E-state index contributed by atoms with van der Waals surface area (Å²) in [6.07, 6.45) is 0.459. The van der Waals surface area contributed by atoms with Gasteiger partial charge in [-0.25, -0.2) is 0 Å². The van der Waals surface area contributed by atoms with E-state index in [0.29, 0.717) is 32.7 Å². The van der Waals surface area contributed by atoms with E-state index in [4.69, 9.17) is 15.2 Å². The van der Waals surface area contributed by atoms with Gasteiger partial charge in [0.15, 0.2) is 11.5 Å². The summed E-state index contributed by atoms with van der Waals surface area (Å²) in [4.78, 5) is 11.7. The van der Waals surface area contributed by atoms with Gasteiger partial charge in [0.1, 0.15) is 13.2 Å². The third-order valence-corrected chi connectivity index (χ3v) is 3.03. The molecule has 3 N–H and O–H groups in total. The number of rotatable bonds is 5. The summed E-state index contributed by atoms with van der Waals surface area (Å²) in [6.45, 7) is 4.13. The smallest absolute Gasteiger partial charge is 0.220 e. The predicted octanol–water partition coefficient (Wildman–Crippen LogP) is 1.06. The molecular weight excluding hydrogens is 244 g/mol. The maximum atomic E-state index is 11.7. The first-order valence-electron chi connectivity index (χ1n) is 6.54. The van der Waals surface area contributed by atoms with E-state index in [0.717, 1.165) is 17.1 Å². The fourth-order valence-corrected chi connectivity index (χ4v) is 1.87. The van der Waals surface area contributed by atoms with E-state index < -0.39 is 0 Å². The molecule has 1 unspecified atom stereocenters. The second-order valence-electron chi connectivity index (χ2n) is 4.80. The molecule has 1 aliphatic heterocycles. The van der Waals surface area contributed by atoms with Gasteiger partial charge in [-0.1, -0.05) is 13.0 Å². The van der Waals surface area contributed by atoms with Gasteiger partial charge in [-0.2, -0.15) is 0 Å². The monoisotopic (exact) mass is 264 g/mol. The summed E-state index contributed by atoms with van der Waals surface area (Å²) in [5, 5.41) is 2.88. The quantitative estimate of drug-likeness (QED) is 0.834. The largest absolute Gasteiger partial charge is 0.486 e. The van der Waals surface area contributed by atoms with Gasteiger partial charge in [0.05, 0.1) is 0 Å². The second-order valence-corrected chi connectivity index (χ2v) is 4.80. The van der Waals surface area contributed by atoms with Crippen molar-refractivity contribution in [2.75, 3.05) is 19.8 Å². The Hall–Kier alpha value is -1.75. The molecule has 0 radical (unpaired) electrons. The van der Waals surface area contributed by atoms with Crippen molar-refractivity contribution in [3.8, 4) is 11.5 Å². The fraction of sp³-hybridized carbons (Fsp3) is 0.500. The maximum absolute atomic E-state index is 11.7. The number of nitrogens with one attached hydrogen (secondary N) is 1. The molecular formula is C14H20N2O3. The van der Waals surface area contributed by atoms with Crippen LogP contribution in [0.4, 0.5) is 0 Å². The molecule has 1 aromatic rings. The zero-order valence-electron chi connectivity index (χ0n) is 11.1. The number of carbonyl (C=O) groups is 1. The van der Waals surface area contributed by atoms with Crippen molar-refractivity contribution in [2.24, 2.45) is 11.7 Å². The molecule has 5 heteroatoms. The molecule has 1 aliphatic rings. The van der Waals surface area contributed by atoms with Crippen molar-refractivity contribution in [1.82, 2.24) is 5.32 Å². The summed E-state index contributed by atoms with van der Waals surface area (Å²) in [5.74, 6) is 1.74. The fourth-order valence-electron chi connectivity index (χ4n) is 1.87. The third kappa shape index (κ3) is 3.86. The number of ether oxygens (including phenoxy) is 2. The average molecular weight is 264 g/mol. The molecule has 104 valence electrons. The molecule has 5 nitrogen and oxygen atoms in total. The molecule has 0 saturated carbocycles. The van der Waals surface area contributed by atoms with Crippen LogP contribution < -0.4 is 20.5 Å². The van der Waals surface area contributed by atoms with Gasteiger partial charge < -0.3 is 20.5 Å². The van der Waals surface area contributed by atoms with Gasteiger partial charge in [-0.3, -0.25) is 4.79 Å². The Morgan fingerprint density at radius 3 is 2.84 bits per heavy atom. The van der Waals surface area contributed by atoms with Gasteiger partial charge >= 0.3 is 0 Å². The van der Waals surface area contributed by atoms with Crippen LogP contribution >= 0.6 is 0 Å². The van der Waals surface area contributed by atoms with Gasteiger partial charge in [-0.05, 0) is 30.2 Å². The number of hydrogen-bond donors (Lipinski definition) is 2. The Balaban J connectivity index is 1.87. The molecule has 0 aliphatic carbocycles. The van der Waals surface area contributed by atoms with Crippen molar-refractivity contribution in [1.29, 1.82) is 0 Å². The highest BCUT2D eigenvalue weighted by molar-refractivity contribution is 5.76. The van der Waals surface area contributed by atoms with Crippen LogP contribution in [-0.2, 0) is 11.3 Å². The van der Waals surface area contributed by atoms with Crippen molar-refractivity contribution in [3.63, 3.8) is 0 Å². The van der Waals surface area contributed by atoms with E-state index in [2.05, 4.69) is 5.32 Å². The van der Waals surface area contributed by atoms with Crippen LogP contribution in [-0.4, -0.2) is 25.7 Å². The Morgan fingerprint density at radius 1 is 1.37 bits per heavy atom. The third-order valence-electron chi connectivity index (χ3n) is 3.03. The van der Waals surface area contributed by atoms with Crippen molar-refractivity contribution in [3.05, 3.63) is 23.8 Å². The van der Waals surface area contributed by atoms with Gasteiger partial charge in [0, 0.05) is 13.0 Å². The number of carbonyl (C=O) groups excluding carboxylic acids is 1. The molecule has 1 atom stereocenters. The van der Waals surface area contributed by atoms with Gasteiger partial charge in [0.25, 0.3) is 0 Å². The molecule has 1 heterocycles. The lowest BCUT2D eigenvalue weighted by atomic mass is 10.1. The Bertz CT molecular complexity index is 448.